The first-order chi connectivity index (χ1) is 11.5. The number of methoxy groups -OCH3 is 1. The molecule has 0 radical (unpaired) electrons. The summed E-state index contributed by atoms with van der Waals surface area (Å²) in [5.74, 6) is -0.483. The van der Waals surface area contributed by atoms with Crippen molar-refractivity contribution < 1.29 is 14.3 Å². The lowest BCUT2D eigenvalue weighted by molar-refractivity contribution is -0.145. The van der Waals surface area contributed by atoms with Crippen molar-refractivity contribution in [3.05, 3.63) is 47.3 Å². The van der Waals surface area contributed by atoms with Crippen LogP contribution in [0.4, 0.5) is 0 Å². The number of hydrogen-bond donors (Lipinski definition) is 0. The van der Waals surface area contributed by atoms with E-state index in [0.29, 0.717) is 18.5 Å². The van der Waals surface area contributed by atoms with E-state index in [9.17, 15) is 9.59 Å². The Morgan fingerprint density at radius 3 is 2.50 bits per heavy atom. The molecule has 0 bridgehead atoms. The van der Waals surface area contributed by atoms with Crippen molar-refractivity contribution in [1.29, 1.82) is 0 Å². The molecule has 6 nitrogen and oxygen atoms in total. The van der Waals surface area contributed by atoms with Gasteiger partial charge in [0.2, 0.25) is 0 Å². The van der Waals surface area contributed by atoms with E-state index >= 15 is 0 Å². The fourth-order valence-electron chi connectivity index (χ4n) is 3.19. The third-order valence-corrected chi connectivity index (χ3v) is 4.36. The molecule has 1 aliphatic rings. The predicted molar refractivity (Wildman–Crippen MR) is 89.1 cm³/mol. The van der Waals surface area contributed by atoms with Gasteiger partial charge in [-0.1, -0.05) is 0 Å². The second-order valence-electron chi connectivity index (χ2n) is 6.07. The van der Waals surface area contributed by atoms with E-state index in [4.69, 9.17) is 4.74 Å². The summed E-state index contributed by atoms with van der Waals surface area (Å²) in [6.45, 7) is 4.52. The molecule has 0 aliphatic carbocycles. The molecule has 1 aromatic heterocycles. The number of rotatable bonds is 3. The fraction of sp³-hybridized carbons (Fsp3) is 0.389. The van der Waals surface area contributed by atoms with Crippen LogP contribution in [0.25, 0.3) is 5.69 Å². The molecular formula is C18H21N3O3. The quantitative estimate of drug-likeness (QED) is 0.811. The normalized spacial score (nSPS) is 17.1. The Labute approximate surface area is 141 Å². The number of amides is 1. The Hall–Kier alpha value is -2.63. The second-order valence-corrected chi connectivity index (χ2v) is 6.07. The maximum atomic E-state index is 12.7. The van der Waals surface area contributed by atoms with E-state index in [0.717, 1.165) is 23.5 Å². The van der Waals surface area contributed by atoms with Gasteiger partial charge in [0.25, 0.3) is 5.91 Å². The van der Waals surface area contributed by atoms with E-state index < -0.39 is 6.04 Å². The molecule has 1 atom stereocenters. The summed E-state index contributed by atoms with van der Waals surface area (Å²) >= 11 is 0. The van der Waals surface area contributed by atoms with Gasteiger partial charge in [-0.25, -0.2) is 9.48 Å². The Balaban J connectivity index is 1.81. The van der Waals surface area contributed by atoms with Gasteiger partial charge in [-0.3, -0.25) is 4.79 Å². The molecule has 2 heterocycles. The molecule has 126 valence electrons. The predicted octanol–water partition coefficient (Wildman–Crippen LogP) is 2.27. The zero-order valence-corrected chi connectivity index (χ0v) is 14.2. The molecule has 1 saturated heterocycles. The number of ether oxygens (including phenoxy) is 1. The number of aryl methyl sites for hydroxylation is 2. The van der Waals surface area contributed by atoms with Crippen LogP contribution < -0.4 is 0 Å². The van der Waals surface area contributed by atoms with Gasteiger partial charge in [-0.05, 0) is 57.0 Å². The van der Waals surface area contributed by atoms with Crippen LogP contribution >= 0.6 is 0 Å². The number of aromatic nitrogens is 2. The van der Waals surface area contributed by atoms with E-state index in [1.54, 1.807) is 17.0 Å². The van der Waals surface area contributed by atoms with E-state index in [-0.39, 0.29) is 11.9 Å². The SMILES string of the molecule is COC(=O)[C@@H]1CCCN1C(=O)c1ccc(-n2nc(C)cc2C)cc1. The summed E-state index contributed by atoms with van der Waals surface area (Å²) in [6, 6.07) is 8.83. The van der Waals surface area contributed by atoms with Crippen LogP contribution in [-0.4, -0.2) is 46.3 Å². The van der Waals surface area contributed by atoms with Gasteiger partial charge in [-0.2, -0.15) is 5.10 Å². The monoisotopic (exact) mass is 327 g/mol. The average Bonchev–Trinajstić information content (AvgIpc) is 3.20. The zero-order valence-electron chi connectivity index (χ0n) is 14.2. The molecular weight excluding hydrogens is 306 g/mol. The molecule has 0 saturated carbocycles. The average molecular weight is 327 g/mol. The molecule has 2 aromatic rings. The highest BCUT2D eigenvalue weighted by atomic mass is 16.5. The van der Waals surface area contributed by atoms with Gasteiger partial charge in [-0.15, -0.1) is 0 Å². The highest BCUT2D eigenvalue weighted by Crippen LogP contribution is 2.22. The van der Waals surface area contributed by atoms with Crippen LogP contribution in [0.2, 0.25) is 0 Å². The summed E-state index contributed by atoms with van der Waals surface area (Å²) in [4.78, 5) is 26.1. The fourth-order valence-corrected chi connectivity index (χ4v) is 3.19. The summed E-state index contributed by atoms with van der Waals surface area (Å²) in [5, 5.41) is 4.44. The first kappa shape index (κ1) is 16.2. The van der Waals surface area contributed by atoms with Gasteiger partial charge in [0.05, 0.1) is 18.5 Å². The van der Waals surface area contributed by atoms with Crippen LogP contribution in [0.1, 0.15) is 34.6 Å². The molecule has 24 heavy (non-hydrogen) atoms. The first-order valence-electron chi connectivity index (χ1n) is 8.04. The minimum Gasteiger partial charge on any atom is -0.467 e. The maximum absolute atomic E-state index is 12.7. The summed E-state index contributed by atoms with van der Waals surface area (Å²) in [7, 11) is 1.35. The highest BCUT2D eigenvalue weighted by Gasteiger charge is 2.35. The molecule has 1 aliphatic heterocycles. The molecule has 1 amide bonds. The number of nitrogens with zero attached hydrogens (tertiary/aromatic N) is 3. The first-order valence-corrected chi connectivity index (χ1v) is 8.04. The van der Waals surface area contributed by atoms with Gasteiger partial charge in [0.15, 0.2) is 0 Å². The molecule has 1 aromatic carbocycles. The van der Waals surface area contributed by atoms with Crippen LogP contribution in [0.5, 0.6) is 0 Å². The van der Waals surface area contributed by atoms with Gasteiger partial charge in [0.1, 0.15) is 6.04 Å². The molecule has 3 rings (SSSR count). The molecule has 0 unspecified atom stereocenters. The third-order valence-electron chi connectivity index (χ3n) is 4.36. The van der Waals surface area contributed by atoms with Crippen molar-refractivity contribution in [1.82, 2.24) is 14.7 Å². The molecule has 0 spiro atoms. The number of esters is 1. The maximum Gasteiger partial charge on any atom is 0.328 e. The van der Waals surface area contributed by atoms with Crippen LogP contribution in [0.3, 0.4) is 0 Å². The minimum absolute atomic E-state index is 0.136. The van der Waals surface area contributed by atoms with Crippen molar-refractivity contribution in [3.63, 3.8) is 0 Å². The third kappa shape index (κ3) is 2.91. The summed E-state index contributed by atoms with van der Waals surface area (Å²) in [5.41, 5.74) is 3.46. The number of carbonyl (C=O) groups is 2. The highest BCUT2D eigenvalue weighted by molar-refractivity contribution is 5.97. The largest absolute Gasteiger partial charge is 0.467 e. The van der Waals surface area contributed by atoms with Crippen molar-refractivity contribution in [2.24, 2.45) is 0 Å². The van der Waals surface area contributed by atoms with E-state index in [1.807, 2.05) is 36.7 Å². The van der Waals surface area contributed by atoms with Gasteiger partial charge in [0, 0.05) is 17.8 Å². The van der Waals surface area contributed by atoms with Crippen molar-refractivity contribution in [2.45, 2.75) is 32.7 Å². The van der Waals surface area contributed by atoms with Gasteiger partial charge < -0.3 is 9.64 Å². The molecule has 0 N–H and O–H groups in total. The summed E-state index contributed by atoms with van der Waals surface area (Å²) in [6.07, 6.45) is 1.47. The summed E-state index contributed by atoms with van der Waals surface area (Å²) < 4.78 is 6.64. The Morgan fingerprint density at radius 2 is 1.92 bits per heavy atom. The van der Waals surface area contributed by atoms with Crippen molar-refractivity contribution >= 4 is 11.9 Å². The van der Waals surface area contributed by atoms with Crippen LogP contribution in [-0.2, 0) is 9.53 Å². The molecule has 1 fully saturated rings. The lowest BCUT2D eigenvalue weighted by Gasteiger charge is -2.22. The van der Waals surface area contributed by atoms with E-state index in [2.05, 4.69) is 5.10 Å². The number of hydrogen-bond acceptors (Lipinski definition) is 4. The van der Waals surface area contributed by atoms with Crippen LogP contribution in [0.15, 0.2) is 30.3 Å². The Kier molecular flexibility index (Phi) is 4.38. The smallest absolute Gasteiger partial charge is 0.328 e. The van der Waals surface area contributed by atoms with Gasteiger partial charge >= 0.3 is 5.97 Å². The minimum atomic E-state index is -0.474. The zero-order chi connectivity index (χ0) is 17.3. The van der Waals surface area contributed by atoms with Crippen molar-refractivity contribution in [3.8, 4) is 5.69 Å². The number of benzene rings is 1. The van der Waals surface area contributed by atoms with Crippen LogP contribution in [0, 0.1) is 13.8 Å². The van der Waals surface area contributed by atoms with E-state index in [1.165, 1.54) is 7.11 Å². The topological polar surface area (TPSA) is 64.4 Å². The lowest BCUT2D eigenvalue weighted by Crippen LogP contribution is -2.41. The Morgan fingerprint density at radius 1 is 1.21 bits per heavy atom. The Bertz CT molecular complexity index is 764. The molecule has 6 heteroatoms. The standard InChI is InChI=1S/C18H21N3O3/c1-12-11-13(2)21(19-12)15-8-6-14(7-9-15)17(22)20-10-4-5-16(20)18(23)24-3/h6-9,11,16H,4-5,10H2,1-3H3/t16-/m0/s1. The van der Waals surface area contributed by atoms with Crippen molar-refractivity contribution in [2.75, 3.05) is 13.7 Å². The number of carbonyl (C=O) groups excluding carboxylic acids is 2. The lowest BCUT2D eigenvalue weighted by atomic mass is 10.1. The second kappa shape index (κ2) is 6.47. The number of likely N-dealkylation sites (tertiary alicyclic amines) is 1.